The van der Waals surface area contributed by atoms with Gasteiger partial charge >= 0.3 is 17.9 Å². The van der Waals surface area contributed by atoms with Crippen LogP contribution in [0.25, 0.3) is 0 Å². The number of carboxylic acids is 3. The van der Waals surface area contributed by atoms with Gasteiger partial charge in [0.15, 0.2) is 11.9 Å². The lowest BCUT2D eigenvalue weighted by Crippen LogP contribution is -2.62. The predicted molar refractivity (Wildman–Crippen MR) is 474 cm³/mol. The van der Waals surface area contributed by atoms with Crippen LogP contribution in [0, 0.1) is 34.5 Å². The third-order valence-corrected chi connectivity index (χ3v) is 21.7. The van der Waals surface area contributed by atoms with E-state index in [-0.39, 0.29) is 127 Å². The molecule has 1 aromatic carbocycles. The molecule has 133 heavy (non-hydrogen) atoms. The number of aromatic nitrogens is 2. The van der Waals surface area contributed by atoms with E-state index >= 15 is 0 Å². The number of nitrogens with two attached hydrogens (primary N) is 5. The summed E-state index contributed by atoms with van der Waals surface area (Å²) in [5.41, 5.74) is 28.3. The zero-order chi connectivity index (χ0) is 99.6. The summed E-state index contributed by atoms with van der Waals surface area (Å²) in [6, 6.07) is -15.3. The third-order valence-electron chi connectivity index (χ3n) is 21.7. The normalized spacial score (nSPS) is 16.6. The van der Waals surface area contributed by atoms with Crippen LogP contribution in [0.1, 0.15) is 176 Å². The fourth-order valence-corrected chi connectivity index (χ4v) is 14.5. The van der Waals surface area contributed by atoms with E-state index in [1.165, 1.54) is 24.3 Å². The summed E-state index contributed by atoms with van der Waals surface area (Å²) in [4.78, 5) is 283. The molecule has 0 bridgehead atoms. The minimum Gasteiger partial charge on any atom is -0.481 e. The molecule has 0 saturated carbocycles. The topological polar surface area (TPSA) is 816 Å². The quantitative estimate of drug-likeness (QED) is 0.0166. The molecule has 2 aliphatic rings. The van der Waals surface area contributed by atoms with Crippen LogP contribution >= 0.6 is 0 Å². The van der Waals surface area contributed by atoms with Crippen molar-refractivity contribution < 1.29 is 116 Å². The molecule has 3 heterocycles. The average molecular weight is 1880 g/mol. The zero-order valence-electron chi connectivity index (χ0n) is 75.9. The molecule has 32 N–H and O–H groups in total. The number of carbonyl (C=O) groups excluding carboxylic acids is 17. The number of carbonyl (C=O) groups is 20. The summed E-state index contributed by atoms with van der Waals surface area (Å²) >= 11 is 0. The fraction of sp³-hybridized carbons (Fsp3) is 0.627. The maximum absolute atomic E-state index is 14.8. The maximum Gasteiger partial charge on any atom is 0.326 e. The van der Waals surface area contributed by atoms with E-state index in [9.17, 15) is 111 Å². The highest BCUT2D eigenvalue weighted by Crippen LogP contribution is 2.24. The summed E-state index contributed by atoms with van der Waals surface area (Å²) in [6.45, 7) is 11.2. The van der Waals surface area contributed by atoms with Gasteiger partial charge in [0.25, 0.3) is 0 Å². The first-order valence-electron chi connectivity index (χ1n) is 43.9. The molecule has 17 amide bonds. The number of amides is 17. The highest BCUT2D eigenvalue weighted by molar-refractivity contribution is 6.02. The number of benzene rings is 1. The predicted octanol–water partition coefficient (Wildman–Crippen LogP) is -7.68. The number of primary amides is 2. The largest absolute Gasteiger partial charge is 0.481 e. The molecule has 2 fully saturated rings. The number of aliphatic carboxylic acids is 3. The number of hydrogen-bond donors (Lipinski definition) is 27. The van der Waals surface area contributed by atoms with Crippen LogP contribution in [0.5, 0.6) is 0 Å². The number of H-pyrrole nitrogens is 1. The molecule has 16 atom stereocenters. The summed E-state index contributed by atoms with van der Waals surface area (Å²) in [7, 11) is 0. The van der Waals surface area contributed by atoms with Crippen molar-refractivity contribution in [3.05, 3.63) is 54.1 Å². The van der Waals surface area contributed by atoms with E-state index < -0.39 is 278 Å². The molecule has 1 aromatic heterocycles. The number of aliphatic hydroxyl groups is 1. The van der Waals surface area contributed by atoms with Crippen molar-refractivity contribution >= 4 is 130 Å². The lowest BCUT2D eigenvalue weighted by Gasteiger charge is -2.31. The van der Waals surface area contributed by atoms with E-state index in [4.69, 9.17) is 44.6 Å². The van der Waals surface area contributed by atoms with Crippen molar-refractivity contribution in [1.29, 1.82) is 10.8 Å². The van der Waals surface area contributed by atoms with Crippen LogP contribution in [0.15, 0.2) is 42.9 Å². The highest BCUT2D eigenvalue weighted by Gasteiger charge is 2.44. The van der Waals surface area contributed by atoms with Crippen LogP contribution in [-0.4, -0.2) is 300 Å². The fourth-order valence-electron chi connectivity index (χ4n) is 14.5. The molecule has 0 unspecified atom stereocenters. The van der Waals surface area contributed by atoms with Gasteiger partial charge in [0.05, 0.1) is 38.4 Å². The van der Waals surface area contributed by atoms with Gasteiger partial charge in [-0.1, -0.05) is 92.1 Å². The Hall–Kier alpha value is -13.7. The Kier molecular flexibility index (Phi) is 47.1. The van der Waals surface area contributed by atoms with Crippen molar-refractivity contribution in [3.63, 3.8) is 0 Å². The maximum atomic E-state index is 14.8. The summed E-state index contributed by atoms with van der Waals surface area (Å²) in [6.07, 6.45) is -1.36. The van der Waals surface area contributed by atoms with Gasteiger partial charge < -0.3 is 144 Å². The van der Waals surface area contributed by atoms with Crippen LogP contribution in [0.2, 0.25) is 0 Å². The number of likely N-dealkylation sites (tertiary alicyclic amines) is 2. The lowest BCUT2D eigenvalue weighted by atomic mass is 9.96. The SMILES string of the molecule is CC[C@H](C)[C@H](NC(=O)[C@H](CO)NC(=O)[C@H](CCC(N)=O)NC(=O)[C@H](CC(=O)O)NC(=O)[C@H](CC(C)C)NC(=O)[C@H](Cc1cnc[nH]1)NC(=O)[C@@H](NC(=O)[C@@H]1CCCN1C(=O)[C@H](CC(C)C)NC(=O)CNC(=O)[C@H](CC(N)=O)NC(=O)[C@@H](N)CCC(=O)O)C(C)C)C(=O)N[C@@H](Cc1ccccc1)C(=O)N[C@@H](CCCNC(=N)N)C(=O)N[C@@H](CCCNC(=N)N)C(=O)N1CCC[C@H]1C(=O)O. The Labute approximate surface area is 767 Å². The molecule has 0 radical (unpaired) electrons. The first-order valence-corrected chi connectivity index (χ1v) is 43.9. The van der Waals surface area contributed by atoms with E-state index in [0.29, 0.717) is 12.0 Å². The first kappa shape index (κ1) is 112. The summed E-state index contributed by atoms with van der Waals surface area (Å²) < 4.78 is 0. The zero-order valence-corrected chi connectivity index (χ0v) is 75.9. The van der Waals surface area contributed by atoms with E-state index in [0.717, 1.165) is 4.90 Å². The highest BCUT2D eigenvalue weighted by atomic mass is 16.4. The van der Waals surface area contributed by atoms with E-state index in [1.54, 1.807) is 78.8 Å². The number of nitrogens with one attached hydrogen (secondary N) is 18. The second kappa shape index (κ2) is 56.1. The molecular weight excluding hydrogens is 1750 g/mol. The monoisotopic (exact) mass is 1880 g/mol. The van der Waals surface area contributed by atoms with Crippen molar-refractivity contribution in [1.82, 2.24) is 99.5 Å². The van der Waals surface area contributed by atoms with Gasteiger partial charge in [-0.25, -0.2) is 9.78 Å². The van der Waals surface area contributed by atoms with Crippen LogP contribution in [-0.2, 0) is 109 Å². The van der Waals surface area contributed by atoms with Gasteiger partial charge in [-0.05, 0) is 106 Å². The van der Waals surface area contributed by atoms with Gasteiger partial charge in [-0.15, -0.1) is 0 Å². The van der Waals surface area contributed by atoms with Gasteiger partial charge in [0.1, 0.15) is 84.6 Å². The number of rotatable bonds is 59. The lowest BCUT2D eigenvalue weighted by molar-refractivity contribution is -0.149. The Morgan fingerprint density at radius 3 is 1.46 bits per heavy atom. The number of imidazole rings is 1. The Morgan fingerprint density at radius 2 is 0.940 bits per heavy atom. The van der Waals surface area contributed by atoms with E-state index in [1.807, 2.05) is 0 Å². The van der Waals surface area contributed by atoms with Crippen LogP contribution in [0.3, 0.4) is 0 Å². The number of aromatic amines is 1. The Morgan fingerprint density at radius 1 is 0.474 bits per heavy atom. The molecule has 2 aromatic rings. The summed E-state index contributed by atoms with van der Waals surface area (Å²) in [5, 5.41) is 92.5. The Bertz CT molecular complexity index is 4390. The second-order valence-electron chi connectivity index (χ2n) is 33.9. The molecular formula is C83H132N26O24. The molecule has 2 saturated heterocycles. The van der Waals surface area contributed by atoms with Crippen molar-refractivity contribution in [3.8, 4) is 0 Å². The molecule has 50 nitrogen and oxygen atoms in total. The van der Waals surface area contributed by atoms with Gasteiger partial charge in [0, 0.05) is 63.8 Å². The number of carboxylic acid groups (broad SMARTS) is 3. The molecule has 738 valence electrons. The average Bonchev–Trinajstić information content (AvgIpc) is 1.72. The number of aliphatic hydroxyl groups excluding tert-OH is 1. The number of hydrogen-bond acceptors (Lipinski definition) is 25. The van der Waals surface area contributed by atoms with Crippen molar-refractivity contribution in [2.24, 2.45) is 52.3 Å². The minimum absolute atomic E-state index is 0.00642. The molecule has 50 heteroatoms. The van der Waals surface area contributed by atoms with E-state index in [2.05, 4.69) is 89.7 Å². The molecule has 0 spiro atoms. The minimum atomic E-state index is -2.11. The number of guanidine groups is 2. The van der Waals surface area contributed by atoms with Crippen LogP contribution in [0.4, 0.5) is 0 Å². The van der Waals surface area contributed by atoms with Gasteiger partial charge in [-0.3, -0.25) is 102 Å². The standard InChI is InChI=1S/C83H132N26O24/c1-9-44(8)66(78(129)103-52(33-45-17-11-10-12-18-45)72(123)97-48(19-13-27-92-82(87)88)69(120)99-50(20-14-28-93-83(89)90)79(130)109-30-16-22-59(109)81(132)133)107-75(126)57(39-110)105-70(121)49(24-25-60(85)111)98-74(125)55(36-64(116)117)102-71(122)51(31-41(2)3)101-73(124)53(34-46-37-91-40-95-46)104-77(128)65(43(6)7)106-76(127)58-21-15-29-108(58)80(131)56(32-42(4)5)96-62(113)38-94-68(119)54(35-61(86)112)100-67(118)47(84)23-26-63(114)115/h10-12,17-18,37,40-44,47-59,65-66,110H,9,13-16,19-36,38-39,84H2,1-8H3,(H2,85,111)(H2,86,112)(H,91,95)(H,94,119)(H,96,113)(H,97,123)(H,98,125)(H,99,120)(H,100,118)(H,101,124)(H,102,122)(H,103,129)(H,104,128)(H,105,121)(H,106,127)(H,107,126)(H,114,115)(H,116,117)(H,132,133)(H4,87,88,92)(H4,89,90,93)/t44-,47-,48-,49-,50-,51-,52-,53-,54-,55-,56-,57-,58-,59-,65-,66-/m0/s1. The van der Waals surface area contributed by atoms with Gasteiger partial charge in [0.2, 0.25) is 100 Å². The second-order valence-corrected chi connectivity index (χ2v) is 33.9. The van der Waals surface area contributed by atoms with Gasteiger partial charge in [-0.2, -0.15) is 0 Å². The first-order chi connectivity index (χ1) is 62.6. The smallest absolute Gasteiger partial charge is 0.326 e. The molecule has 0 aliphatic carbocycles. The third kappa shape index (κ3) is 39.1. The summed E-state index contributed by atoms with van der Waals surface area (Å²) in [5.74, 6) is -24.5. The number of nitrogens with zero attached hydrogens (tertiary/aromatic N) is 3. The Balaban J connectivity index is 1.57. The van der Waals surface area contributed by atoms with Crippen molar-refractivity contribution in [2.45, 2.75) is 268 Å². The van der Waals surface area contributed by atoms with Crippen LogP contribution < -0.4 is 108 Å². The van der Waals surface area contributed by atoms with Crippen molar-refractivity contribution in [2.75, 3.05) is 39.3 Å². The molecule has 2 aliphatic heterocycles. The molecule has 4 rings (SSSR count).